The van der Waals surface area contributed by atoms with Gasteiger partial charge in [0, 0.05) is 0 Å². The second kappa shape index (κ2) is 3.78. The fourth-order valence-corrected chi connectivity index (χ4v) is 1.03. The largest absolute Gasteiger partial charge is 1.00 e. The van der Waals surface area contributed by atoms with Gasteiger partial charge in [-0.3, -0.25) is 0 Å². The predicted molar refractivity (Wildman–Crippen MR) is 29.5 cm³/mol. The molecule has 0 atom stereocenters. The quantitative estimate of drug-likeness (QED) is 0.317. The molecule has 1 aliphatic carbocycles. The molecule has 0 aliphatic heterocycles. The minimum absolute atomic E-state index is 0. The van der Waals surface area contributed by atoms with E-state index < -0.39 is 0 Å². The van der Waals surface area contributed by atoms with Crippen LogP contribution in [0.4, 0.5) is 0 Å². The molecule has 0 heterocycles. The first-order valence-corrected chi connectivity index (χ1v) is 2.94. The topological polar surface area (TPSA) is 0 Å². The molecule has 0 amide bonds. The van der Waals surface area contributed by atoms with Crippen molar-refractivity contribution in [3.8, 4) is 0 Å². The van der Waals surface area contributed by atoms with Crippen molar-refractivity contribution in [2.45, 2.75) is 19.3 Å². The summed E-state index contributed by atoms with van der Waals surface area (Å²) in [5.41, 5.74) is 0. The monoisotopic (exact) mass is 152 g/mol. The SMILES string of the molecule is BrC1=[C-]CCC1.[Li+]. The Kier molecular flexibility index (Phi) is 4.22. The zero-order valence-electron chi connectivity index (χ0n) is 4.50. The molecule has 0 saturated carbocycles. The first-order valence-electron chi connectivity index (χ1n) is 2.15. The van der Waals surface area contributed by atoms with Crippen LogP contribution in [-0.4, -0.2) is 0 Å². The Morgan fingerprint density at radius 2 is 2.29 bits per heavy atom. The van der Waals surface area contributed by atoms with Crippen LogP contribution in [0.3, 0.4) is 0 Å². The Morgan fingerprint density at radius 3 is 2.43 bits per heavy atom. The normalized spacial score (nSPS) is 18.1. The van der Waals surface area contributed by atoms with Crippen LogP contribution >= 0.6 is 15.9 Å². The van der Waals surface area contributed by atoms with Gasteiger partial charge in [0.25, 0.3) is 0 Å². The number of halogens is 1. The van der Waals surface area contributed by atoms with Gasteiger partial charge in [0.1, 0.15) is 0 Å². The molecular formula is C5H6BrLi. The summed E-state index contributed by atoms with van der Waals surface area (Å²) in [6.07, 6.45) is 6.81. The van der Waals surface area contributed by atoms with Crippen molar-refractivity contribution in [3.63, 3.8) is 0 Å². The molecule has 0 radical (unpaired) electrons. The van der Waals surface area contributed by atoms with Crippen molar-refractivity contribution in [3.05, 3.63) is 10.6 Å². The van der Waals surface area contributed by atoms with Crippen LogP contribution in [0.15, 0.2) is 4.48 Å². The summed E-state index contributed by atoms with van der Waals surface area (Å²) in [5, 5.41) is 0. The van der Waals surface area contributed by atoms with E-state index in [1.54, 1.807) is 0 Å². The van der Waals surface area contributed by atoms with Crippen molar-refractivity contribution < 1.29 is 18.9 Å². The zero-order chi connectivity index (χ0) is 4.41. The minimum Gasteiger partial charge on any atom is -0.486 e. The molecule has 0 unspecified atom stereocenters. The summed E-state index contributed by atoms with van der Waals surface area (Å²) in [6.45, 7) is 0. The molecule has 34 valence electrons. The molecular weight excluding hydrogens is 147 g/mol. The van der Waals surface area contributed by atoms with Gasteiger partial charge in [-0.1, -0.05) is 28.8 Å². The number of rotatable bonds is 0. The van der Waals surface area contributed by atoms with Crippen molar-refractivity contribution in [1.29, 1.82) is 0 Å². The van der Waals surface area contributed by atoms with Crippen LogP contribution in [0, 0.1) is 6.08 Å². The van der Waals surface area contributed by atoms with Crippen LogP contribution in [0.2, 0.25) is 0 Å². The van der Waals surface area contributed by atoms with Crippen molar-refractivity contribution >= 4 is 15.9 Å². The van der Waals surface area contributed by atoms with Crippen LogP contribution in [0.5, 0.6) is 0 Å². The average molecular weight is 153 g/mol. The van der Waals surface area contributed by atoms with E-state index in [2.05, 4.69) is 22.0 Å². The Hall–Kier alpha value is 0.817. The molecule has 0 aromatic heterocycles. The molecule has 1 aliphatic rings. The van der Waals surface area contributed by atoms with Gasteiger partial charge < -0.3 is 6.08 Å². The summed E-state index contributed by atoms with van der Waals surface area (Å²) in [7, 11) is 0. The van der Waals surface area contributed by atoms with Gasteiger partial charge in [0.05, 0.1) is 0 Å². The minimum atomic E-state index is 0. The van der Waals surface area contributed by atoms with E-state index in [4.69, 9.17) is 0 Å². The van der Waals surface area contributed by atoms with E-state index in [1.807, 2.05) is 0 Å². The average Bonchev–Trinajstić information content (AvgIpc) is 1.86. The third-order valence-corrected chi connectivity index (χ3v) is 1.57. The first kappa shape index (κ1) is 7.82. The van der Waals surface area contributed by atoms with Crippen LogP contribution in [0.25, 0.3) is 0 Å². The molecule has 0 aromatic rings. The number of hydrogen-bond donors (Lipinski definition) is 0. The van der Waals surface area contributed by atoms with Crippen LogP contribution in [-0.2, 0) is 0 Å². The molecule has 0 aromatic carbocycles. The third-order valence-electron chi connectivity index (χ3n) is 0.890. The zero-order valence-corrected chi connectivity index (χ0v) is 6.09. The first-order chi connectivity index (χ1) is 2.89. The van der Waals surface area contributed by atoms with Crippen LogP contribution < -0.4 is 18.9 Å². The number of allylic oxidation sites excluding steroid dienone is 2. The Bertz CT molecular complexity index is 78.1. The molecule has 0 fully saturated rings. The van der Waals surface area contributed by atoms with Gasteiger partial charge in [-0.15, -0.1) is 0 Å². The van der Waals surface area contributed by atoms with Crippen molar-refractivity contribution in [1.82, 2.24) is 0 Å². The summed E-state index contributed by atoms with van der Waals surface area (Å²) in [4.78, 5) is 0. The second-order valence-electron chi connectivity index (χ2n) is 1.44. The molecule has 1 rings (SSSR count). The predicted octanol–water partition coefficient (Wildman–Crippen LogP) is -0.744. The maximum absolute atomic E-state index is 3.34. The molecule has 0 spiro atoms. The number of hydrogen-bond acceptors (Lipinski definition) is 0. The summed E-state index contributed by atoms with van der Waals surface area (Å²) in [6, 6.07) is 0. The maximum atomic E-state index is 3.34. The van der Waals surface area contributed by atoms with Gasteiger partial charge in [0.2, 0.25) is 0 Å². The second-order valence-corrected chi connectivity index (χ2v) is 2.39. The Balaban J connectivity index is 0.000000360. The van der Waals surface area contributed by atoms with Crippen LogP contribution in [0.1, 0.15) is 19.3 Å². The van der Waals surface area contributed by atoms with Gasteiger partial charge in [-0.2, -0.15) is 10.9 Å². The molecule has 0 N–H and O–H groups in total. The third kappa shape index (κ3) is 2.59. The van der Waals surface area contributed by atoms with Gasteiger partial charge in [-0.05, 0) is 0 Å². The smallest absolute Gasteiger partial charge is 0.486 e. The van der Waals surface area contributed by atoms with Gasteiger partial charge >= 0.3 is 18.9 Å². The maximum Gasteiger partial charge on any atom is 1.00 e. The Labute approximate surface area is 64.7 Å². The Morgan fingerprint density at radius 1 is 1.57 bits per heavy atom. The van der Waals surface area contributed by atoms with E-state index in [0.29, 0.717) is 0 Å². The molecule has 0 saturated heterocycles. The van der Waals surface area contributed by atoms with E-state index in [1.165, 1.54) is 17.3 Å². The summed E-state index contributed by atoms with van der Waals surface area (Å²) >= 11 is 3.34. The van der Waals surface area contributed by atoms with Crippen molar-refractivity contribution in [2.24, 2.45) is 0 Å². The molecule has 0 bridgehead atoms. The summed E-state index contributed by atoms with van der Waals surface area (Å²) in [5.74, 6) is 0. The van der Waals surface area contributed by atoms with Gasteiger partial charge in [0.15, 0.2) is 0 Å². The molecule has 0 nitrogen and oxygen atoms in total. The van der Waals surface area contributed by atoms with E-state index in [9.17, 15) is 0 Å². The van der Waals surface area contributed by atoms with E-state index >= 15 is 0 Å². The summed E-state index contributed by atoms with van der Waals surface area (Å²) < 4.78 is 1.27. The molecule has 7 heavy (non-hydrogen) atoms. The van der Waals surface area contributed by atoms with Crippen molar-refractivity contribution in [2.75, 3.05) is 0 Å². The fourth-order valence-electron chi connectivity index (χ4n) is 0.556. The fraction of sp³-hybridized carbons (Fsp3) is 0.600. The molecule has 2 heteroatoms. The van der Waals surface area contributed by atoms with E-state index in [-0.39, 0.29) is 18.9 Å². The standard InChI is InChI=1S/C5H6Br.Li/c6-5-3-1-2-4-5;/h1-3H2;/q-1;+1. The van der Waals surface area contributed by atoms with E-state index in [0.717, 1.165) is 6.42 Å². The van der Waals surface area contributed by atoms with Gasteiger partial charge in [-0.25, -0.2) is 0 Å².